The minimum absolute atomic E-state index is 0.00364. The van der Waals surface area contributed by atoms with Crippen LogP contribution in [0, 0.1) is 10.1 Å². The van der Waals surface area contributed by atoms with Crippen molar-refractivity contribution >= 4 is 11.6 Å². The van der Waals surface area contributed by atoms with Crippen molar-refractivity contribution in [2.75, 3.05) is 20.1 Å². The molecule has 8 heteroatoms. The average molecular weight is 267 g/mol. The van der Waals surface area contributed by atoms with Gasteiger partial charge in [-0.05, 0) is 33.0 Å². The Morgan fingerprint density at radius 3 is 2.68 bits per heavy atom. The molecule has 8 nitrogen and oxygen atoms in total. The number of carbonyl (C=O) groups excluding carboxylic acids is 1. The molecule has 1 aliphatic heterocycles. The maximum atomic E-state index is 12.1. The van der Waals surface area contributed by atoms with Crippen molar-refractivity contribution in [2.45, 2.75) is 18.9 Å². The Morgan fingerprint density at radius 1 is 1.47 bits per heavy atom. The number of amides is 1. The number of likely N-dealkylation sites (tertiary alicyclic amines) is 1. The highest BCUT2D eigenvalue weighted by atomic mass is 16.6. The van der Waals surface area contributed by atoms with Crippen LogP contribution in [0.1, 0.15) is 23.3 Å². The summed E-state index contributed by atoms with van der Waals surface area (Å²) in [6, 6.07) is 0.0678. The third-order valence-corrected chi connectivity index (χ3v) is 3.39. The Hall–Kier alpha value is -1.96. The van der Waals surface area contributed by atoms with Crippen LogP contribution in [-0.4, -0.2) is 51.7 Å². The number of carbonyl (C=O) groups is 1. The van der Waals surface area contributed by atoms with Crippen LogP contribution in [0.5, 0.6) is 0 Å². The molecule has 0 aromatic carbocycles. The van der Waals surface area contributed by atoms with Gasteiger partial charge in [-0.15, -0.1) is 0 Å². The van der Waals surface area contributed by atoms with Crippen LogP contribution in [-0.2, 0) is 7.05 Å². The van der Waals surface area contributed by atoms with Gasteiger partial charge in [-0.3, -0.25) is 19.6 Å². The van der Waals surface area contributed by atoms with Gasteiger partial charge in [0.05, 0.1) is 4.92 Å². The van der Waals surface area contributed by atoms with Gasteiger partial charge in [0, 0.05) is 13.1 Å². The highest BCUT2D eigenvalue weighted by molar-refractivity contribution is 5.96. The van der Waals surface area contributed by atoms with Crippen LogP contribution in [0.4, 0.5) is 5.69 Å². The second kappa shape index (κ2) is 5.35. The molecule has 0 unspecified atom stereocenters. The lowest BCUT2D eigenvalue weighted by Crippen LogP contribution is -2.43. The molecule has 0 atom stereocenters. The lowest BCUT2D eigenvalue weighted by molar-refractivity contribution is -0.385. The first-order valence-corrected chi connectivity index (χ1v) is 6.15. The minimum atomic E-state index is -0.587. The number of aryl methyl sites for hydroxylation is 1. The van der Waals surface area contributed by atoms with Crippen molar-refractivity contribution in [1.29, 1.82) is 0 Å². The fourth-order valence-corrected chi connectivity index (χ4v) is 2.23. The summed E-state index contributed by atoms with van der Waals surface area (Å²) in [4.78, 5) is 24.6. The molecule has 2 rings (SSSR count). The van der Waals surface area contributed by atoms with Crippen LogP contribution >= 0.6 is 0 Å². The fraction of sp³-hybridized carbons (Fsp3) is 0.636. The molecular formula is C11H17N5O3. The number of hydrogen-bond donors (Lipinski definition) is 1. The van der Waals surface area contributed by atoms with Gasteiger partial charge in [-0.1, -0.05) is 0 Å². The maximum Gasteiger partial charge on any atom is 0.320 e. The van der Waals surface area contributed by atoms with Gasteiger partial charge in [0.25, 0.3) is 5.91 Å². The first kappa shape index (κ1) is 13.5. The lowest BCUT2D eigenvalue weighted by Gasteiger charge is -2.29. The van der Waals surface area contributed by atoms with E-state index in [1.54, 1.807) is 0 Å². The predicted octanol–water partition coefficient (Wildman–Crippen LogP) is 0.152. The molecule has 0 radical (unpaired) electrons. The lowest BCUT2D eigenvalue weighted by atomic mass is 10.1. The summed E-state index contributed by atoms with van der Waals surface area (Å²) in [5.74, 6) is -0.429. The second-order valence-corrected chi connectivity index (χ2v) is 4.81. The van der Waals surface area contributed by atoms with Gasteiger partial charge >= 0.3 is 5.69 Å². The van der Waals surface area contributed by atoms with E-state index in [-0.39, 0.29) is 17.4 Å². The van der Waals surface area contributed by atoms with Crippen molar-refractivity contribution in [3.8, 4) is 0 Å². The predicted molar refractivity (Wildman–Crippen MR) is 67.8 cm³/mol. The minimum Gasteiger partial charge on any atom is -0.348 e. The molecule has 0 aliphatic carbocycles. The zero-order chi connectivity index (χ0) is 14.0. The Bertz CT molecular complexity index is 491. The molecule has 0 saturated carbocycles. The van der Waals surface area contributed by atoms with Crippen molar-refractivity contribution < 1.29 is 9.72 Å². The van der Waals surface area contributed by atoms with E-state index in [1.807, 2.05) is 7.05 Å². The molecule has 0 bridgehead atoms. The van der Waals surface area contributed by atoms with E-state index in [4.69, 9.17) is 0 Å². The summed E-state index contributed by atoms with van der Waals surface area (Å²) in [6.07, 6.45) is 2.81. The van der Waals surface area contributed by atoms with Gasteiger partial charge in [-0.2, -0.15) is 5.10 Å². The van der Waals surface area contributed by atoms with Crippen molar-refractivity contribution in [3.05, 3.63) is 22.0 Å². The van der Waals surface area contributed by atoms with Gasteiger partial charge < -0.3 is 10.2 Å². The molecule has 1 aromatic rings. The third kappa shape index (κ3) is 2.90. The smallest absolute Gasteiger partial charge is 0.320 e. The number of nitro groups is 1. The molecular weight excluding hydrogens is 250 g/mol. The molecule has 1 N–H and O–H groups in total. The van der Waals surface area contributed by atoms with Gasteiger partial charge in [0.15, 0.2) is 0 Å². The van der Waals surface area contributed by atoms with Crippen LogP contribution < -0.4 is 5.32 Å². The molecule has 0 spiro atoms. The molecule has 1 aliphatic rings. The average Bonchev–Trinajstić information content (AvgIpc) is 2.74. The molecule has 19 heavy (non-hydrogen) atoms. The van der Waals surface area contributed by atoms with Crippen LogP contribution in [0.25, 0.3) is 0 Å². The SMILES string of the molecule is CN1CCC(NC(=O)c2c([N+](=O)[O-])cnn2C)CC1. The van der Waals surface area contributed by atoms with E-state index in [0.29, 0.717) is 0 Å². The zero-order valence-corrected chi connectivity index (χ0v) is 11.0. The Balaban J connectivity index is 2.08. The molecule has 1 fully saturated rings. The highest BCUT2D eigenvalue weighted by Crippen LogP contribution is 2.17. The number of hydrogen-bond acceptors (Lipinski definition) is 5. The van der Waals surface area contributed by atoms with E-state index in [9.17, 15) is 14.9 Å². The quantitative estimate of drug-likeness (QED) is 0.621. The summed E-state index contributed by atoms with van der Waals surface area (Å²) in [5.41, 5.74) is -0.253. The Labute approximate surface area is 110 Å². The molecule has 104 valence electrons. The largest absolute Gasteiger partial charge is 0.348 e. The van der Waals surface area contributed by atoms with Gasteiger partial charge in [0.1, 0.15) is 6.20 Å². The first-order chi connectivity index (χ1) is 8.99. The number of aromatic nitrogens is 2. The first-order valence-electron chi connectivity index (χ1n) is 6.15. The summed E-state index contributed by atoms with van der Waals surface area (Å²) in [7, 11) is 3.56. The molecule has 2 heterocycles. The van der Waals surface area contributed by atoms with E-state index in [1.165, 1.54) is 11.7 Å². The van der Waals surface area contributed by atoms with E-state index in [2.05, 4.69) is 15.3 Å². The van der Waals surface area contributed by atoms with Gasteiger partial charge in [0.2, 0.25) is 5.69 Å². The maximum absolute atomic E-state index is 12.1. The number of nitrogens with zero attached hydrogens (tertiary/aromatic N) is 4. The van der Waals surface area contributed by atoms with Crippen molar-refractivity contribution in [1.82, 2.24) is 20.0 Å². The standard InChI is InChI=1S/C11H17N5O3/c1-14-5-3-8(4-6-14)13-11(17)10-9(16(18)19)7-12-15(10)2/h7-8H,3-6H2,1-2H3,(H,13,17). The van der Waals surface area contributed by atoms with E-state index < -0.39 is 10.8 Å². The number of rotatable bonds is 3. The van der Waals surface area contributed by atoms with Crippen LogP contribution in [0.3, 0.4) is 0 Å². The van der Waals surface area contributed by atoms with Crippen LogP contribution in [0.2, 0.25) is 0 Å². The summed E-state index contributed by atoms with van der Waals surface area (Å²) in [6.45, 7) is 1.83. The van der Waals surface area contributed by atoms with Crippen molar-refractivity contribution in [3.63, 3.8) is 0 Å². The van der Waals surface area contributed by atoms with Crippen LogP contribution in [0.15, 0.2) is 6.20 Å². The van der Waals surface area contributed by atoms with E-state index in [0.717, 1.165) is 32.1 Å². The molecule has 1 saturated heterocycles. The number of piperidine rings is 1. The van der Waals surface area contributed by atoms with Crippen molar-refractivity contribution in [2.24, 2.45) is 7.05 Å². The normalized spacial score (nSPS) is 17.4. The fourth-order valence-electron chi connectivity index (χ4n) is 2.23. The molecule has 1 aromatic heterocycles. The summed E-state index contributed by atoms with van der Waals surface area (Å²) in [5, 5.41) is 17.5. The Morgan fingerprint density at radius 2 is 2.11 bits per heavy atom. The molecule has 1 amide bonds. The zero-order valence-electron chi connectivity index (χ0n) is 11.0. The summed E-state index contributed by atoms with van der Waals surface area (Å²) >= 11 is 0. The number of nitrogens with one attached hydrogen (secondary N) is 1. The Kier molecular flexibility index (Phi) is 3.79. The highest BCUT2D eigenvalue weighted by Gasteiger charge is 2.27. The summed E-state index contributed by atoms with van der Waals surface area (Å²) < 4.78 is 1.24. The monoisotopic (exact) mass is 267 g/mol. The third-order valence-electron chi connectivity index (χ3n) is 3.39. The van der Waals surface area contributed by atoms with Gasteiger partial charge in [-0.25, -0.2) is 0 Å². The van der Waals surface area contributed by atoms with E-state index >= 15 is 0 Å². The second-order valence-electron chi connectivity index (χ2n) is 4.81. The topological polar surface area (TPSA) is 93.3 Å².